The van der Waals surface area contributed by atoms with Crippen molar-refractivity contribution in [3.63, 3.8) is 0 Å². The van der Waals surface area contributed by atoms with Crippen LogP contribution in [0.25, 0.3) is 0 Å². The molecular formula is C14H17FN2O3. The van der Waals surface area contributed by atoms with Crippen LogP contribution in [-0.2, 0) is 0 Å². The molecule has 2 rings (SSSR count). The van der Waals surface area contributed by atoms with Gasteiger partial charge in [0.2, 0.25) is 0 Å². The van der Waals surface area contributed by atoms with E-state index in [9.17, 15) is 14.0 Å². The van der Waals surface area contributed by atoms with Crippen molar-refractivity contribution in [2.45, 2.75) is 25.7 Å². The maximum Gasteiger partial charge on any atom is 0.337 e. The van der Waals surface area contributed by atoms with Crippen molar-refractivity contribution in [2.75, 3.05) is 11.9 Å². The summed E-state index contributed by atoms with van der Waals surface area (Å²) in [6.07, 6.45) is 4.49. The SMILES string of the molecule is O=C(NCCCC1CC1)Nc1c(F)cccc1C(=O)O. The van der Waals surface area contributed by atoms with Gasteiger partial charge >= 0.3 is 12.0 Å². The molecule has 1 aliphatic rings. The van der Waals surface area contributed by atoms with Gasteiger partial charge in [-0.2, -0.15) is 0 Å². The van der Waals surface area contributed by atoms with Crippen LogP contribution in [0.15, 0.2) is 18.2 Å². The summed E-state index contributed by atoms with van der Waals surface area (Å²) in [6, 6.07) is 3.05. The zero-order valence-corrected chi connectivity index (χ0v) is 11.0. The van der Waals surface area contributed by atoms with Gasteiger partial charge in [-0.05, 0) is 30.9 Å². The number of nitrogens with one attached hydrogen (secondary N) is 2. The fraction of sp³-hybridized carbons (Fsp3) is 0.429. The lowest BCUT2D eigenvalue weighted by atomic mass is 10.1. The number of carboxylic acid groups (broad SMARTS) is 1. The Balaban J connectivity index is 1.87. The molecule has 6 heteroatoms. The van der Waals surface area contributed by atoms with Crippen molar-refractivity contribution in [1.82, 2.24) is 5.32 Å². The Morgan fingerprint density at radius 1 is 1.35 bits per heavy atom. The van der Waals surface area contributed by atoms with Gasteiger partial charge in [-0.15, -0.1) is 0 Å². The second kappa shape index (κ2) is 6.36. The summed E-state index contributed by atoms with van der Waals surface area (Å²) in [4.78, 5) is 22.6. The molecule has 20 heavy (non-hydrogen) atoms. The third kappa shape index (κ3) is 3.94. The Hall–Kier alpha value is -2.11. The first-order valence-electron chi connectivity index (χ1n) is 6.64. The minimum atomic E-state index is -1.28. The fourth-order valence-corrected chi connectivity index (χ4v) is 1.99. The van der Waals surface area contributed by atoms with E-state index >= 15 is 0 Å². The van der Waals surface area contributed by atoms with E-state index < -0.39 is 17.8 Å². The number of urea groups is 1. The molecule has 0 bridgehead atoms. The highest BCUT2D eigenvalue weighted by molar-refractivity contribution is 6.00. The van der Waals surface area contributed by atoms with E-state index in [1.807, 2.05) is 0 Å². The van der Waals surface area contributed by atoms with Crippen LogP contribution in [0.3, 0.4) is 0 Å². The summed E-state index contributed by atoms with van der Waals surface area (Å²) in [7, 11) is 0. The molecule has 0 heterocycles. The van der Waals surface area contributed by atoms with Gasteiger partial charge in [0.15, 0.2) is 0 Å². The predicted octanol–water partition coefficient (Wildman–Crippen LogP) is 2.84. The molecule has 2 amide bonds. The highest BCUT2D eigenvalue weighted by Gasteiger charge is 2.20. The number of halogens is 1. The van der Waals surface area contributed by atoms with Crippen molar-refractivity contribution in [3.05, 3.63) is 29.6 Å². The monoisotopic (exact) mass is 280 g/mol. The first-order chi connectivity index (χ1) is 9.58. The Morgan fingerprint density at radius 3 is 2.75 bits per heavy atom. The lowest BCUT2D eigenvalue weighted by Gasteiger charge is -2.10. The van der Waals surface area contributed by atoms with E-state index in [4.69, 9.17) is 5.11 Å². The smallest absolute Gasteiger partial charge is 0.337 e. The van der Waals surface area contributed by atoms with Crippen LogP contribution in [-0.4, -0.2) is 23.7 Å². The first kappa shape index (κ1) is 14.3. The van der Waals surface area contributed by atoms with Crippen LogP contribution in [0, 0.1) is 11.7 Å². The molecule has 5 nitrogen and oxygen atoms in total. The van der Waals surface area contributed by atoms with Gasteiger partial charge in [-0.1, -0.05) is 18.9 Å². The summed E-state index contributed by atoms with van der Waals surface area (Å²) in [5.41, 5.74) is -0.571. The van der Waals surface area contributed by atoms with E-state index in [0.717, 1.165) is 24.8 Å². The molecule has 1 saturated carbocycles. The number of rotatable bonds is 6. The highest BCUT2D eigenvalue weighted by Crippen LogP contribution is 2.33. The molecule has 1 aromatic carbocycles. The van der Waals surface area contributed by atoms with Gasteiger partial charge in [0, 0.05) is 6.54 Å². The summed E-state index contributed by atoms with van der Waals surface area (Å²) in [5.74, 6) is -1.25. The Kier molecular flexibility index (Phi) is 4.55. The molecule has 0 aromatic heterocycles. The van der Waals surface area contributed by atoms with E-state index in [1.165, 1.54) is 25.0 Å². The second-order valence-corrected chi connectivity index (χ2v) is 4.93. The summed E-state index contributed by atoms with van der Waals surface area (Å²) < 4.78 is 13.6. The molecule has 108 valence electrons. The lowest BCUT2D eigenvalue weighted by Crippen LogP contribution is -2.30. The summed E-state index contributed by atoms with van der Waals surface area (Å²) >= 11 is 0. The van der Waals surface area contributed by atoms with Crippen molar-refractivity contribution in [1.29, 1.82) is 0 Å². The van der Waals surface area contributed by atoms with Crippen molar-refractivity contribution in [2.24, 2.45) is 5.92 Å². The average molecular weight is 280 g/mol. The molecule has 1 aliphatic carbocycles. The standard InChI is InChI=1S/C14H17FN2O3/c15-11-5-1-4-10(13(18)19)12(11)17-14(20)16-8-2-3-9-6-7-9/h1,4-5,9H,2-3,6-8H2,(H,18,19)(H2,16,17,20). The quantitative estimate of drug-likeness (QED) is 0.701. The number of aromatic carboxylic acids is 1. The molecule has 0 radical (unpaired) electrons. The van der Waals surface area contributed by atoms with Crippen molar-refractivity contribution >= 4 is 17.7 Å². The third-order valence-corrected chi connectivity index (χ3v) is 3.25. The minimum Gasteiger partial charge on any atom is -0.478 e. The van der Waals surface area contributed by atoms with Crippen LogP contribution in [0.5, 0.6) is 0 Å². The average Bonchev–Trinajstić information content (AvgIpc) is 3.21. The van der Waals surface area contributed by atoms with E-state index in [0.29, 0.717) is 6.54 Å². The number of carbonyl (C=O) groups excluding carboxylic acids is 1. The number of hydrogen-bond donors (Lipinski definition) is 3. The lowest BCUT2D eigenvalue weighted by molar-refractivity contribution is 0.0697. The maximum absolute atomic E-state index is 13.6. The van der Waals surface area contributed by atoms with Crippen LogP contribution in [0.4, 0.5) is 14.9 Å². The third-order valence-electron chi connectivity index (χ3n) is 3.25. The minimum absolute atomic E-state index is 0.266. The molecule has 3 N–H and O–H groups in total. The number of para-hydroxylation sites is 1. The first-order valence-corrected chi connectivity index (χ1v) is 6.64. The zero-order valence-electron chi connectivity index (χ0n) is 11.0. The van der Waals surface area contributed by atoms with Crippen LogP contribution in [0.1, 0.15) is 36.0 Å². The molecule has 1 aromatic rings. The maximum atomic E-state index is 13.6. The topological polar surface area (TPSA) is 78.4 Å². The summed E-state index contributed by atoms with van der Waals surface area (Å²) in [5, 5.41) is 13.8. The molecule has 0 aliphatic heterocycles. The molecule has 0 saturated heterocycles. The van der Waals surface area contributed by atoms with Gasteiger partial charge in [-0.25, -0.2) is 14.0 Å². The Morgan fingerprint density at radius 2 is 2.10 bits per heavy atom. The van der Waals surface area contributed by atoms with Crippen LogP contribution < -0.4 is 10.6 Å². The van der Waals surface area contributed by atoms with E-state index in [1.54, 1.807) is 0 Å². The predicted molar refractivity (Wildman–Crippen MR) is 72.3 cm³/mol. The fourth-order valence-electron chi connectivity index (χ4n) is 1.99. The van der Waals surface area contributed by atoms with E-state index in [-0.39, 0.29) is 11.3 Å². The van der Waals surface area contributed by atoms with Gasteiger partial charge in [0.1, 0.15) is 5.82 Å². The molecule has 0 unspecified atom stereocenters. The number of anilines is 1. The number of benzene rings is 1. The molecule has 0 spiro atoms. The van der Waals surface area contributed by atoms with Gasteiger partial charge in [0.05, 0.1) is 11.3 Å². The van der Waals surface area contributed by atoms with Crippen LogP contribution in [0.2, 0.25) is 0 Å². The van der Waals surface area contributed by atoms with Gasteiger partial charge in [-0.3, -0.25) is 0 Å². The van der Waals surface area contributed by atoms with Crippen molar-refractivity contribution in [3.8, 4) is 0 Å². The summed E-state index contributed by atoms with van der Waals surface area (Å²) in [6.45, 7) is 0.499. The van der Waals surface area contributed by atoms with Gasteiger partial charge < -0.3 is 15.7 Å². The number of hydrogen-bond acceptors (Lipinski definition) is 2. The zero-order chi connectivity index (χ0) is 14.5. The number of carbonyl (C=O) groups is 2. The van der Waals surface area contributed by atoms with Gasteiger partial charge in [0.25, 0.3) is 0 Å². The normalized spacial score (nSPS) is 13.8. The molecule has 1 fully saturated rings. The van der Waals surface area contributed by atoms with Crippen molar-refractivity contribution < 1.29 is 19.1 Å². The number of carboxylic acids is 1. The number of amides is 2. The molecule has 0 atom stereocenters. The largest absolute Gasteiger partial charge is 0.478 e. The Bertz CT molecular complexity index is 515. The molecular weight excluding hydrogens is 263 g/mol. The van der Waals surface area contributed by atoms with E-state index in [2.05, 4.69) is 10.6 Å². The highest BCUT2D eigenvalue weighted by atomic mass is 19.1. The Labute approximate surface area is 116 Å². The van der Waals surface area contributed by atoms with Crippen LogP contribution >= 0.6 is 0 Å². The second-order valence-electron chi connectivity index (χ2n) is 4.93.